The number of nitrogens with one attached hydrogen (secondary N) is 1. The topological polar surface area (TPSA) is 38.3 Å². The fraction of sp³-hybridized carbons (Fsp3) is 0.500. The van der Waals surface area contributed by atoms with E-state index in [4.69, 9.17) is 4.74 Å². The summed E-state index contributed by atoms with van der Waals surface area (Å²) in [5.41, 5.74) is 0.798. The fourth-order valence-electron chi connectivity index (χ4n) is 2.29. The third-order valence-corrected chi connectivity index (χ3v) is 3.61. The minimum Gasteiger partial charge on any atom is -0.497 e. The van der Waals surface area contributed by atoms with Crippen molar-refractivity contribution in [3.8, 4) is 5.75 Å². The largest absolute Gasteiger partial charge is 0.497 e. The van der Waals surface area contributed by atoms with Crippen molar-refractivity contribution in [2.45, 2.75) is 46.0 Å². The first-order chi connectivity index (χ1) is 10.2. The number of carbonyl (C=O) groups is 1. The van der Waals surface area contributed by atoms with E-state index in [1.807, 2.05) is 31.2 Å². The highest BCUT2D eigenvalue weighted by molar-refractivity contribution is 5.92. The first kappa shape index (κ1) is 17.3. The SMILES string of the molecule is CC=CCCCCC(CC)C(=O)Nc1cccc(OC)c1. The van der Waals surface area contributed by atoms with E-state index >= 15 is 0 Å². The van der Waals surface area contributed by atoms with Gasteiger partial charge >= 0.3 is 0 Å². The number of ether oxygens (including phenoxy) is 1. The Morgan fingerprint density at radius 2 is 2.19 bits per heavy atom. The molecule has 0 aliphatic rings. The molecule has 1 amide bonds. The molecule has 0 fully saturated rings. The second kappa shape index (κ2) is 10.0. The number of hydrogen-bond acceptors (Lipinski definition) is 2. The van der Waals surface area contributed by atoms with Crippen molar-refractivity contribution >= 4 is 11.6 Å². The fourth-order valence-corrected chi connectivity index (χ4v) is 2.29. The Morgan fingerprint density at radius 1 is 1.38 bits per heavy atom. The van der Waals surface area contributed by atoms with Crippen LogP contribution in [-0.4, -0.2) is 13.0 Å². The zero-order valence-corrected chi connectivity index (χ0v) is 13.4. The van der Waals surface area contributed by atoms with Gasteiger partial charge in [-0.1, -0.05) is 31.6 Å². The van der Waals surface area contributed by atoms with Gasteiger partial charge in [-0.25, -0.2) is 0 Å². The van der Waals surface area contributed by atoms with E-state index in [9.17, 15) is 4.79 Å². The number of hydrogen-bond donors (Lipinski definition) is 1. The number of unbranched alkanes of at least 4 members (excludes halogenated alkanes) is 2. The molecular formula is C18H27NO2. The molecule has 1 aromatic carbocycles. The normalized spacial score (nSPS) is 12.3. The predicted molar refractivity (Wildman–Crippen MR) is 88.7 cm³/mol. The van der Waals surface area contributed by atoms with Crippen molar-refractivity contribution in [3.63, 3.8) is 0 Å². The summed E-state index contributed by atoms with van der Waals surface area (Å²) >= 11 is 0. The van der Waals surface area contributed by atoms with Gasteiger partial charge in [0.05, 0.1) is 7.11 Å². The highest BCUT2D eigenvalue weighted by Gasteiger charge is 2.16. The van der Waals surface area contributed by atoms with Gasteiger partial charge < -0.3 is 10.1 Å². The van der Waals surface area contributed by atoms with Gasteiger partial charge in [0.25, 0.3) is 0 Å². The zero-order chi connectivity index (χ0) is 15.5. The van der Waals surface area contributed by atoms with E-state index < -0.39 is 0 Å². The number of carbonyl (C=O) groups excluding carboxylic acids is 1. The Hall–Kier alpha value is -1.77. The van der Waals surface area contributed by atoms with Crippen LogP contribution in [0.25, 0.3) is 0 Å². The Balaban J connectivity index is 2.46. The standard InChI is InChI=1S/C18H27NO2/c1-4-6-7-8-9-11-15(5-2)18(20)19-16-12-10-13-17(14-16)21-3/h4,6,10,12-15H,5,7-9,11H2,1-3H3,(H,19,20). The Morgan fingerprint density at radius 3 is 2.86 bits per heavy atom. The second-order valence-corrected chi connectivity index (χ2v) is 5.18. The van der Waals surface area contributed by atoms with Crippen LogP contribution in [0.3, 0.4) is 0 Å². The summed E-state index contributed by atoms with van der Waals surface area (Å²) in [5.74, 6) is 0.950. The zero-order valence-electron chi connectivity index (χ0n) is 13.4. The Kier molecular flexibility index (Phi) is 8.25. The van der Waals surface area contributed by atoms with E-state index in [-0.39, 0.29) is 11.8 Å². The van der Waals surface area contributed by atoms with E-state index in [1.54, 1.807) is 7.11 Å². The molecule has 116 valence electrons. The van der Waals surface area contributed by atoms with E-state index in [0.717, 1.165) is 43.5 Å². The number of benzene rings is 1. The van der Waals surface area contributed by atoms with Gasteiger partial charge in [-0.3, -0.25) is 4.79 Å². The maximum absolute atomic E-state index is 12.3. The summed E-state index contributed by atoms with van der Waals surface area (Å²) in [6.45, 7) is 4.11. The van der Waals surface area contributed by atoms with Crippen LogP contribution in [0, 0.1) is 5.92 Å². The van der Waals surface area contributed by atoms with Crippen LogP contribution < -0.4 is 10.1 Å². The van der Waals surface area contributed by atoms with Gasteiger partial charge in [0, 0.05) is 17.7 Å². The molecular weight excluding hydrogens is 262 g/mol. The van der Waals surface area contributed by atoms with Crippen molar-refractivity contribution in [3.05, 3.63) is 36.4 Å². The summed E-state index contributed by atoms with van der Waals surface area (Å²) in [4.78, 5) is 12.3. The van der Waals surface area contributed by atoms with Gasteiger partial charge in [0.15, 0.2) is 0 Å². The number of anilines is 1. The van der Waals surface area contributed by atoms with Crippen molar-refractivity contribution in [1.82, 2.24) is 0 Å². The molecule has 1 unspecified atom stereocenters. The average Bonchev–Trinajstić information content (AvgIpc) is 2.51. The predicted octanol–water partition coefficient (Wildman–Crippen LogP) is 4.80. The first-order valence-corrected chi connectivity index (χ1v) is 7.77. The van der Waals surface area contributed by atoms with E-state index in [0.29, 0.717) is 0 Å². The molecule has 3 heteroatoms. The molecule has 1 atom stereocenters. The van der Waals surface area contributed by atoms with Gasteiger partial charge in [-0.15, -0.1) is 0 Å². The molecule has 0 aromatic heterocycles. The Bertz CT molecular complexity index is 454. The average molecular weight is 289 g/mol. The summed E-state index contributed by atoms with van der Waals surface area (Å²) in [6.07, 6.45) is 9.42. The summed E-state index contributed by atoms with van der Waals surface area (Å²) in [6, 6.07) is 7.48. The molecule has 0 saturated carbocycles. The second-order valence-electron chi connectivity index (χ2n) is 5.18. The molecule has 0 spiro atoms. The molecule has 1 N–H and O–H groups in total. The minimum absolute atomic E-state index is 0.0850. The number of amides is 1. The maximum Gasteiger partial charge on any atom is 0.227 e. The van der Waals surface area contributed by atoms with Gasteiger partial charge in [0.1, 0.15) is 5.75 Å². The van der Waals surface area contributed by atoms with Gasteiger partial charge in [-0.2, -0.15) is 0 Å². The van der Waals surface area contributed by atoms with Crippen LogP contribution in [0.5, 0.6) is 5.75 Å². The first-order valence-electron chi connectivity index (χ1n) is 7.77. The minimum atomic E-state index is 0.0850. The molecule has 0 heterocycles. The van der Waals surface area contributed by atoms with Crippen LogP contribution in [0.15, 0.2) is 36.4 Å². The monoisotopic (exact) mass is 289 g/mol. The highest BCUT2D eigenvalue weighted by atomic mass is 16.5. The van der Waals surface area contributed by atoms with Gasteiger partial charge in [0.2, 0.25) is 5.91 Å². The smallest absolute Gasteiger partial charge is 0.227 e. The highest BCUT2D eigenvalue weighted by Crippen LogP contribution is 2.20. The molecule has 21 heavy (non-hydrogen) atoms. The third-order valence-electron chi connectivity index (χ3n) is 3.61. The van der Waals surface area contributed by atoms with Crippen LogP contribution in [-0.2, 0) is 4.79 Å². The number of rotatable bonds is 9. The van der Waals surface area contributed by atoms with Crippen LogP contribution in [0.2, 0.25) is 0 Å². The molecule has 0 aliphatic carbocycles. The molecule has 0 saturated heterocycles. The summed E-state index contributed by atoms with van der Waals surface area (Å²) in [7, 11) is 1.63. The van der Waals surface area contributed by atoms with Crippen molar-refractivity contribution in [2.24, 2.45) is 5.92 Å². The van der Waals surface area contributed by atoms with Crippen LogP contribution in [0.1, 0.15) is 46.0 Å². The molecule has 0 bridgehead atoms. The van der Waals surface area contributed by atoms with Crippen molar-refractivity contribution in [2.75, 3.05) is 12.4 Å². The van der Waals surface area contributed by atoms with E-state index in [1.165, 1.54) is 0 Å². The van der Waals surface area contributed by atoms with Crippen molar-refractivity contribution < 1.29 is 9.53 Å². The molecule has 1 aromatic rings. The Labute approximate surface area is 128 Å². The van der Waals surface area contributed by atoms with E-state index in [2.05, 4.69) is 24.4 Å². The van der Waals surface area contributed by atoms with Crippen LogP contribution >= 0.6 is 0 Å². The number of allylic oxidation sites excluding steroid dienone is 2. The lowest BCUT2D eigenvalue weighted by Crippen LogP contribution is -2.22. The molecule has 0 aliphatic heterocycles. The van der Waals surface area contributed by atoms with Crippen LogP contribution in [0.4, 0.5) is 5.69 Å². The summed E-state index contributed by atoms with van der Waals surface area (Å²) < 4.78 is 5.17. The maximum atomic E-state index is 12.3. The van der Waals surface area contributed by atoms with Gasteiger partial charge in [-0.05, 0) is 44.7 Å². The third kappa shape index (κ3) is 6.48. The number of methoxy groups -OCH3 is 1. The quantitative estimate of drug-likeness (QED) is 0.524. The molecule has 3 nitrogen and oxygen atoms in total. The van der Waals surface area contributed by atoms with Crippen molar-refractivity contribution in [1.29, 1.82) is 0 Å². The lowest BCUT2D eigenvalue weighted by Gasteiger charge is -2.15. The summed E-state index contributed by atoms with van der Waals surface area (Å²) in [5, 5.41) is 2.99. The molecule has 1 rings (SSSR count). The lowest BCUT2D eigenvalue weighted by atomic mass is 9.97. The molecule has 0 radical (unpaired) electrons. The lowest BCUT2D eigenvalue weighted by molar-refractivity contribution is -0.120.